The molecule has 2 N–H and O–H groups in total. The van der Waals surface area contributed by atoms with E-state index < -0.39 is 9.84 Å². The van der Waals surface area contributed by atoms with Crippen LogP contribution in [-0.4, -0.2) is 35.5 Å². The normalized spacial score (nSPS) is 12.3. The van der Waals surface area contributed by atoms with Crippen LogP contribution in [0.15, 0.2) is 6.33 Å². The van der Waals surface area contributed by atoms with Crippen LogP contribution in [-0.2, 0) is 15.6 Å². The van der Waals surface area contributed by atoms with Crippen LogP contribution in [0.5, 0.6) is 0 Å². The van der Waals surface area contributed by atoms with Crippen LogP contribution >= 0.6 is 0 Å². The summed E-state index contributed by atoms with van der Waals surface area (Å²) < 4.78 is 24.6. The summed E-state index contributed by atoms with van der Waals surface area (Å²) >= 11 is 0. The second-order valence-corrected chi connectivity index (χ2v) is 5.78. The first kappa shape index (κ1) is 12.1. The molecule has 0 atom stereocenters. The third-order valence-corrected chi connectivity index (χ3v) is 3.47. The fourth-order valence-corrected chi connectivity index (χ4v) is 2.36. The van der Waals surface area contributed by atoms with E-state index in [1.807, 2.05) is 13.8 Å². The topological polar surface area (TPSA) is 90.9 Å². The maximum absolute atomic E-state index is 11.5. The van der Waals surface area contributed by atoms with Gasteiger partial charge in [-0.2, -0.15) is 5.10 Å². The Morgan fingerprint density at radius 3 is 2.73 bits per heavy atom. The highest BCUT2D eigenvalue weighted by atomic mass is 32.2. The van der Waals surface area contributed by atoms with Crippen LogP contribution < -0.4 is 5.73 Å². The minimum Gasteiger partial charge on any atom is -0.329 e. The lowest BCUT2D eigenvalue weighted by atomic mass is 10.4. The number of rotatable bonds is 5. The van der Waals surface area contributed by atoms with Gasteiger partial charge in [0.25, 0.3) is 0 Å². The molecule has 0 aliphatic heterocycles. The van der Waals surface area contributed by atoms with Crippen molar-refractivity contribution in [3.63, 3.8) is 0 Å². The van der Waals surface area contributed by atoms with Crippen molar-refractivity contribution in [2.24, 2.45) is 5.73 Å². The molecule has 0 aromatic carbocycles. The Morgan fingerprint density at radius 1 is 1.53 bits per heavy atom. The second-order valence-electron chi connectivity index (χ2n) is 3.60. The summed E-state index contributed by atoms with van der Waals surface area (Å²) in [5, 5.41) is 3.97. The third-order valence-electron chi connectivity index (χ3n) is 1.91. The first-order valence-electron chi connectivity index (χ1n) is 4.75. The monoisotopic (exact) mass is 232 g/mol. The fraction of sp³-hybridized carbons (Fsp3) is 0.750. The molecule has 0 spiro atoms. The molecule has 1 heterocycles. The molecule has 0 radical (unpaired) electrons. The molecule has 0 bridgehead atoms. The second kappa shape index (κ2) is 4.71. The molecule has 1 aromatic heterocycles. The van der Waals surface area contributed by atoms with Crippen LogP contribution in [0.25, 0.3) is 0 Å². The van der Waals surface area contributed by atoms with Crippen LogP contribution in [0.3, 0.4) is 0 Å². The molecule has 0 aliphatic carbocycles. The van der Waals surface area contributed by atoms with E-state index in [0.717, 1.165) is 0 Å². The summed E-state index contributed by atoms with van der Waals surface area (Å²) in [7, 11) is -3.16. The van der Waals surface area contributed by atoms with Gasteiger partial charge in [-0.25, -0.2) is 18.1 Å². The molecular formula is C8H16N4O2S. The van der Waals surface area contributed by atoms with E-state index in [2.05, 4.69) is 10.1 Å². The van der Waals surface area contributed by atoms with Crippen LogP contribution in [0.4, 0.5) is 0 Å². The summed E-state index contributed by atoms with van der Waals surface area (Å²) in [6.45, 7) is 3.99. The van der Waals surface area contributed by atoms with E-state index in [1.165, 1.54) is 6.33 Å². The predicted molar refractivity (Wildman–Crippen MR) is 57.0 cm³/mol. The Labute approximate surface area is 89.4 Å². The van der Waals surface area contributed by atoms with Crippen molar-refractivity contribution in [3.8, 4) is 0 Å². The zero-order valence-electron chi connectivity index (χ0n) is 8.92. The van der Waals surface area contributed by atoms with Gasteiger partial charge < -0.3 is 5.73 Å². The summed E-state index contributed by atoms with van der Waals surface area (Å²) in [6.07, 6.45) is 1.37. The van der Waals surface area contributed by atoms with Gasteiger partial charge in [0.1, 0.15) is 17.9 Å². The highest BCUT2D eigenvalue weighted by Crippen LogP contribution is 2.08. The molecule has 6 nitrogen and oxygen atoms in total. The molecule has 0 aliphatic rings. The van der Waals surface area contributed by atoms with E-state index in [4.69, 9.17) is 5.73 Å². The first-order valence-corrected chi connectivity index (χ1v) is 6.57. The molecular weight excluding hydrogens is 216 g/mol. The molecule has 7 heteroatoms. The lowest BCUT2D eigenvalue weighted by Gasteiger charge is -2.09. The van der Waals surface area contributed by atoms with Gasteiger partial charge >= 0.3 is 0 Å². The predicted octanol–water partition coefficient (Wildman–Crippen LogP) is -0.267. The number of aromatic nitrogens is 3. The number of nitrogens with zero attached hydrogens (tertiary/aromatic N) is 3. The zero-order valence-corrected chi connectivity index (χ0v) is 9.74. The number of hydrogen-bond acceptors (Lipinski definition) is 5. The van der Waals surface area contributed by atoms with Crippen molar-refractivity contribution >= 4 is 9.84 Å². The number of sulfone groups is 1. The molecule has 86 valence electrons. The van der Waals surface area contributed by atoms with Crippen LogP contribution in [0.2, 0.25) is 0 Å². The Kier molecular flexibility index (Phi) is 3.81. The van der Waals surface area contributed by atoms with Gasteiger partial charge in [0.2, 0.25) is 0 Å². The first-order chi connectivity index (χ1) is 6.96. The van der Waals surface area contributed by atoms with Gasteiger partial charge in [-0.15, -0.1) is 0 Å². The lowest BCUT2D eigenvalue weighted by Crippen LogP contribution is -2.20. The summed E-state index contributed by atoms with van der Waals surface area (Å²) in [5.41, 5.74) is 5.22. The van der Waals surface area contributed by atoms with Gasteiger partial charge in [-0.05, 0) is 13.8 Å². The molecule has 1 rings (SSSR count). The minimum atomic E-state index is -3.16. The van der Waals surface area contributed by atoms with Crippen molar-refractivity contribution in [2.75, 3.05) is 12.3 Å². The van der Waals surface area contributed by atoms with Crippen molar-refractivity contribution in [3.05, 3.63) is 12.2 Å². The molecule has 1 aromatic rings. The minimum absolute atomic E-state index is 0.0159. The Bertz CT molecular complexity index is 410. The fourth-order valence-electron chi connectivity index (χ4n) is 1.26. The van der Waals surface area contributed by atoms with E-state index in [0.29, 0.717) is 5.82 Å². The number of nitrogens with two attached hydrogens (primary N) is 1. The molecule has 15 heavy (non-hydrogen) atoms. The zero-order chi connectivity index (χ0) is 11.5. The average Bonchev–Trinajstić information content (AvgIpc) is 2.50. The van der Waals surface area contributed by atoms with Gasteiger partial charge in [0.15, 0.2) is 9.84 Å². The van der Waals surface area contributed by atoms with E-state index in [-0.39, 0.29) is 24.1 Å². The van der Waals surface area contributed by atoms with Gasteiger partial charge in [0.05, 0.1) is 5.75 Å². The van der Waals surface area contributed by atoms with Crippen LogP contribution in [0.1, 0.15) is 25.7 Å². The number of hydrogen-bond donors (Lipinski definition) is 1. The van der Waals surface area contributed by atoms with Crippen molar-refractivity contribution in [1.82, 2.24) is 14.8 Å². The van der Waals surface area contributed by atoms with Gasteiger partial charge in [-0.1, -0.05) is 0 Å². The molecule has 0 saturated carbocycles. The maximum Gasteiger partial charge on any atom is 0.158 e. The van der Waals surface area contributed by atoms with Crippen molar-refractivity contribution < 1.29 is 8.42 Å². The Hall–Kier alpha value is -0.950. The van der Waals surface area contributed by atoms with E-state index in [9.17, 15) is 8.42 Å². The van der Waals surface area contributed by atoms with Gasteiger partial charge in [-0.3, -0.25) is 0 Å². The van der Waals surface area contributed by atoms with Crippen LogP contribution in [0, 0.1) is 0 Å². The Morgan fingerprint density at radius 2 is 2.20 bits per heavy atom. The summed E-state index contributed by atoms with van der Waals surface area (Å²) in [5.74, 6) is 0.360. The third kappa shape index (κ3) is 3.28. The molecule has 0 saturated heterocycles. The standard InChI is InChI=1S/C8H16N4O2S/c1-7(2)12-8(10-6-11-12)5-15(13,14)4-3-9/h6-7H,3-5,9H2,1-2H3. The summed E-state index contributed by atoms with van der Waals surface area (Å²) in [4.78, 5) is 3.94. The maximum atomic E-state index is 11.5. The quantitative estimate of drug-likeness (QED) is 0.754. The lowest BCUT2D eigenvalue weighted by molar-refractivity contribution is 0.510. The van der Waals surface area contributed by atoms with Gasteiger partial charge in [0, 0.05) is 12.6 Å². The van der Waals surface area contributed by atoms with Crippen molar-refractivity contribution in [2.45, 2.75) is 25.6 Å². The van der Waals surface area contributed by atoms with Crippen molar-refractivity contribution in [1.29, 1.82) is 0 Å². The smallest absolute Gasteiger partial charge is 0.158 e. The van der Waals surface area contributed by atoms with E-state index in [1.54, 1.807) is 4.68 Å². The molecule has 0 unspecified atom stereocenters. The highest BCUT2D eigenvalue weighted by molar-refractivity contribution is 7.90. The SMILES string of the molecule is CC(C)n1ncnc1CS(=O)(=O)CCN. The van der Waals surface area contributed by atoms with E-state index >= 15 is 0 Å². The Balaban J connectivity index is 2.85. The highest BCUT2D eigenvalue weighted by Gasteiger charge is 2.16. The largest absolute Gasteiger partial charge is 0.329 e. The summed E-state index contributed by atoms with van der Waals surface area (Å²) in [6, 6.07) is 0.107. The molecule has 0 amide bonds. The molecule has 0 fully saturated rings. The average molecular weight is 232 g/mol.